The Kier molecular flexibility index (Phi) is 5.69. The fourth-order valence-corrected chi connectivity index (χ4v) is 3.26. The van der Waals surface area contributed by atoms with Crippen LogP contribution in [0, 0.1) is 18.7 Å². The van der Waals surface area contributed by atoms with Gasteiger partial charge in [-0.05, 0) is 49.1 Å². The summed E-state index contributed by atoms with van der Waals surface area (Å²) in [4.78, 5) is 29.7. The number of carbonyl (C=O) groups excluding carboxylic acids is 2. The van der Waals surface area contributed by atoms with E-state index in [1.165, 1.54) is 13.2 Å². The van der Waals surface area contributed by atoms with E-state index < -0.39 is 5.82 Å². The number of urea groups is 1. The van der Waals surface area contributed by atoms with Crippen LogP contribution in [0.15, 0.2) is 36.7 Å². The molecule has 0 spiro atoms. The molecule has 1 aliphatic rings. The van der Waals surface area contributed by atoms with Gasteiger partial charge in [-0.2, -0.15) is 0 Å². The van der Waals surface area contributed by atoms with Crippen LogP contribution in [0.2, 0.25) is 0 Å². The monoisotopic (exact) mass is 373 g/mol. The normalized spacial score (nSPS) is 14.7. The molecule has 1 fully saturated rings. The Morgan fingerprint density at radius 2 is 2.00 bits per heavy atom. The van der Waals surface area contributed by atoms with Crippen LogP contribution in [-0.4, -0.2) is 42.1 Å². The predicted molar refractivity (Wildman–Crippen MR) is 102 cm³/mol. The largest absolute Gasteiger partial charge is 0.469 e. The third-order valence-electron chi connectivity index (χ3n) is 4.82. The van der Waals surface area contributed by atoms with Crippen molar-refractivity contribution in [2.24, 2.45) is 5.92 Å². The van der Waals surface area contributed by atoms with Gasteiger partial charge in [-0.3, -0.25) is 9.78 Å². The molecular weight excluding hydrogens is 349 g/mol. The number of aromatic nitrogens is 1. The number of ether oxygens (including phenoxy) is 1. The number of nitrogens with zero attached hydrogens (tertiary/aromatic N) is 2. The molecule has 2 heterocycles. The highest BCUT2D eigenvalue weighted by Gasteiger charge is 2.27. The van der Waals surface area contributed by atoms with E-state index in [2.05, 4.69) is 10.3 Å². The zero-order chi connectivity index (χ0) is 19.4. The molecule has 2 amide bonds. The number of amides is 2. The van der Waals surface area contributed by atoms with Gasteiger partial charge >= 0.3 is 12.0 Å². The molecule has 0 radical (unpaired) electrons. The standard InChI is InChI=1S/C20H22FN3O3.H2/c1-13-3-4-17(10-18(13)15-9-16(21)12-22-11-15)23-20(26)24-7-5-14(6-8-24)19(25)27-2;/h3-4,9-12,14H,5-8H2,1-2H3,(H,23,26);1H. The van der Waals surface area contributed by atoms with Gasteiger partial charge < -0.3 is 15.0 Å². The number of halogens is 1. The topological polar surface area (TPSA) is 71.5 Å². The van der Waals surface area contributed by atoms with Crippen molar-refractivity contribution in [2.75, 3.05) is 25.5 Å². The van der Waals surface area contributed by atoms with E-state index in [4.69, 9.17) is 4.74 Å². The smallest absolute Gasteiger partial charge is 0.321 e. The van der Waals surface area contributed by atoms with Crippen LogP contribution in [0.25, 0.3) is 11.1 Å². The predicted octanol–water partition coefficient (Wildman–Crippen LogP) is 3.86. The average Bonchev–Trinajstić information content (AvgIpc) is 2.69. The molecule has 2 aromatic rings. The van der Waals surface area contributed by atoms with Crippen molar-refractivity contribution in [1.29, 1.82) is 0 Å². The van der Waals surface area contributed by atoms with Crippen molar-refractivity contribution < 1.29 is 20.1 Å². The Labute approximate surface area is 158 Å². The van der Waals surface area contributed by atoms with Crippen molar-refractivity contribution in [3.05, 3.63) is 48.0 Å². The molecule has 1 aliphatic heterocycles. The number of methoxy groups -OCH3 is 1. The molecule has 0 aliphatic carbocycles. The molecule has 1 aromatic heterocycles. The highest BCUT2D eigenvalue weighted by molar-refractivity contribution is 5.90. The number of piperidine rings is 1. The molecule has 0 unspecified atom stereocenters. The minimum absolute atomic E-state index is 0. The van der Waals surface area contributed by atoms with Crippen molar-refractivity contribution in [1.82, 2.24) is 9.88 Å². The molecule has 6 nitrogen and oxygen atoms in total. The van der Waals surface area contributed by atoms with E-state index in [0.717, 1.165) is 17.3 Å². The zero-order valence-electron chi connectivity index (χ0n) is 15.4. The number of hydrogen-bond donors (Lipinski definition) is 1. The Hall–Kier alpha value is -2.96. The van der Waals surface area contributed by atoms with Crippen molar-refractivity contribution in [2.45, 2.75) is 19.8 Å². The summed E-state index contributed by atoms with van der Waals surface area (Å²) in [6, 6.07) is 6.69. The third-order valence-corrected chi connectivity index (χ3v) is 4.82. The first-order valence-corrected chi connectivity index (χ1v) is 8.83. The van der Waals surface area contributed by atoms with Crippen LogP contribution >= 0.6 is 0 Å². The Bertz CT molecular complexity index is 854. The van der Waals surface area contributed by atoms with E-state index in [9.17, 15) is 14.0 Å². The number of pyridine rings is 1. The number of aryl methyl sites for hydroxylation is 1. The van der Waals surface area contributed by atoms with Crippen LogP contribution in [0.5, 0.6) is 0 Å². The molecule has 27 heavy (non-hydrogen) atoms. The molecule has 0 bridgehead atoms. The first-order valence-electron chi connectivity index (χ1n) is 8.83. The van der Waals surface area contributed by atoms with Crippen LogP contribution < -0.4 is 5.32 Å². The highest BCUT2D eigenvalue weighted by atomic mass is 19.1. The maximum absolute atomic E-state index is 13.5. The van der Waals surface area contributed by atoms with E-state index >= 15 is 0 Å². The summed E-state index contributed by atoms with van der Waals surface area (Å²) < 4.78 is 18.2. The second kappa shape index (κ2) is 8.16. The van der Waals surface area contributed by atoms with Crippen LogP contribution in [0.1, 0.15) is 19.8 Å². The zero-order valence-corrected chi connectivity index (χ0v) is 15.4. The number of benzene rings is 1. The molecule has 1 aromatic carbocycles. The second-order valence-electron chi connectivity index (χ2n) is 6.64. The summed E-state index contributed by atoms with van der Waals surface area (Å²) in [5.74, 6) is -0.776. The first kappa shape index (κ1) is 18.8. The summed E-state index contributed by atoms with van der Waals surface area (Å²) in [7, 11) is 1.38. The molecule has 3 rings (SSSR count). The molecule has 0 saturated carbocycles. The van der Waals surface area contributed by atoms with Gasteiger partial charge in [-0.1, -0.05) is 6.07 Å². The van der Waals surface area contributed by atoms with E-state index in [-0.39, 0.29) is 19.3 Å². The van der Waals surface area contributed by atoms with Gasteiger partial charge in [-0.25, -0.2) is 9.18 Å². The highest BCUT2D eigenvalue weighted by Crippen LogP contribution is 2.27. The average molecular weight is 373 g/mol. The van der Waals surface area contributed by atoms with E-state index in [1.54, 1.807) is 11.1 Å². The number of carbonyl (C=O) groups is 2. The van der Waals surface area contributed by atoms with Crippen LogP contribution in [0.3, 0.4) is 0 Å². The number of rotatable bonds is 3. The minimum atomic E-state index is -0.408. The summed E-state index contributed by atoms with van der Waals surface area (Å²) in [6.45, 7) is 2.92. The van der Waals surface area contributed by atoms with Gasteiger partial charge in [-0.15, -0.1) is 0 Å². The second-order valence-corrected chi connectivity index (χ2v) is 6.64. The Balaban J connectivity index is 0.00000280. The molecular formula is C20H24FN3O3. The van der Waals surface area contributed by atoms with Crippen molar-refractivity contribution >= 4 is 17.7 Å². The van der Waals surface area contributed by atoms with Gasteiger partial charge in [0.25, 0.3) is 0 Å². The Morgan fingerprint density at radius 3 is 2.67 bits per heavy atom. The maximum atomic E-state index is 13.5. The van der Waals surface area contributed by atoms with Gasteiger partial charge in [0.1, 0.15) is 5.82 Å². The van der Waals surface area contributed by atoms with Gasteiger partial charge in [0.05, 0.1) is 19.2 Å². The lowest BCUT2D eigenvalue weighted by Crippen LogP contribution is -2.42. The number of nitrogens with one attached hydrogen (secondary N) is 1. The third kappa shape index (κ3) is 4.42. The molecule has 1 N–H and O–H groups in total. The quantitative estimate of drug-likeness (QED) is 0.830. The molecule has 144 valence electrons. The van der Waals surface area contributed by atoms with Crippen LogP contribution in [-0.2, 0) is 9.53 Å². The molecule has 0 atom stereocenters. The lowest BCUT2D eigenvalue weighted by molar-refractivity contribution is -0.146. The van der Waals surface area contributed by atoms with Gasteiger partial charge in [0, 0.05) is 32.0 Å². The first-order chi connectivity index (χ1) is 13.0. The van der Waals surface area contributed by atoms with Crippen LogP contribution in [0.4, 0.5) is 14.9 Å². The number of esters is 1. The summed E-state index contributed by atoms with van der Waals surface area (Å²) in [5.41, 5.74) is 3.05. The van der Waals surface area contributed by atoms with Crippen molar-refractivity contribution in [3.63, 3.8) is 0 Å². The lowest BCUT2D eigenvalue weighted by Gasteiger charge is -2.30. The Morgan fingerprint density at radius 1 is 1.26 bits per heavy atom. The lowest BCUT2D eigenvalue weighted by atomic mass is 9.97. The summed E-state index contributed by atoms with van der Waals surface area (Å²) in [6.07, 6.45) is 3.93. The number of anilines is 1. The van der Waals surface area contributed by atoms with Gasteiger partial charge in [0.15, 0.2) is 0 Å². The van der Waals surface area contributed by atoms with Crippen molar-refractivity contribution in [3.8, 4) is 11.1 Å². The minimum Gasteiger partial charge on any atom is -0.469 e. The maximum Gasteiger partial charge on any atom is 0.321 e. The number of hydrogen-bond acceptors (Lipinski definition) is 4. The number of likely N-dealkylation sites (tertiary alicyclic amines) is 1. The molecule has 7 heteroatoms. The van der Waals surface area contributed by atoms with E-state index in [0.29, 0.717) is 37.2 Å². The fraction of sp³-hybridized carbons (Fsp3) is 0.350. The van der Waals surface area contributed by atoms with Gasteiger partial charge in [0.2, 0.25) is 0 Å². The molecule has 1 saturated heterocycles. The summed E-state index contributed by atoms with van der Waals surface area (Å²) in [5, 5.41) is 2.88. The summed E-state index contributed by atoms with van der Waals surface area (Å²) >= 11 is 0. The SMILES string of the molecule is COC(=O)C1CCN(C(=O)Nc2ccc(C)c(-c3cncc(F)c3)c2)CC1.[HH]. The fourth-order valence-electron chi connectivity index (χ4n) is 3.26. The van der Waals surface area contributed by atoms with E-state index in [1.807, 2.05) is 25.1 Å².